The van der Waals surface area contributed by atoms with Gasteiger partial charge < -0.3 is 9.88 Å². The molecule has 5 heteroatoms. The second kappa shape index (κ2) is 4.30. The van der Waals surface area contributed by atoms with E-state index in [0.29, 0.717) is 0 Å². The van der Waals surface area contributed by atoms with Gasteiger partial charge in [-0.1, -0.05) is 23.5 Å². The van der Waals surface area contributed by atoms with Crippen LogP contribution in [0.1, 0.15) is 11.4 Å². The lowest BCUT2D eigenvalue weighted by atomic mass is 9.47. The lowest BCUT2D eigenvalue weighted by Gasteiger charge is -2.40. The normalized spacial score (nSPS) is 14.3. The van der Waals surface area contributed by atoms with Crippen molar-refractivity contribution in [2.75, 3.05) is 14.1 Å². The fraction of sp³-hybridized carbons (Fsp3) is 0.333. The molecule has 17 heavy (non-hydrogen) atoms. The third kappa shape index (κ3) is 2.04. The summed E-state index contributed by atoms with van der Waals surface area (Å²) >= 11 is 0. The maximum absolute atomic E-state index is 6.17. The van der Waals surface area contributed by atoms with E-state index < -0.39 is 11.2 Å². The van der Waals surface area contributed by atoms with Crippen LogP contribution in [0.3, 0.4) is 0 Å². The molecule has 0 aliphatic heterocycles. The van der Waals surface area contributed by atoms with Gasteiger partial charge in [-0.2, -0.15) is 0 Å². The molecule has 2 aromatic rings. The van der Waals surface area contributed by atoms with E-state index in [1.807, 2.05) is 44.6 Å². The Morgan fingerprint density at radius 2 is 1.88 bits per heavy atom. The highest BCUT2D eigenvalue weighted by Crippen LogP contribution is 2.30. The van der Waals surface area contributed by atoms with Crippen molar-refractivity contribution in [2.45, 2.75) is 11.2 Å². The Hall–Kier alpha value is -1.09. The van der Waals surface area contributed by atoms with Crippen LogP contribution in [0.15, 0.2) is 30.5 Å². The molecule has 1 N–H and O–H groups in total. The van der Waals surface area contributed by atoms with Crippen LogP contribution < -0.4 is 0 Å². The fourth-order valence-corrected chi connectivity index (χ4v) is 1.88. The van der Waals surface area contributed by atoms with Gasteiger partial charge in [0.25, 0.3) is 0 Å². The monoisotopic (exact) mass is 218 g/mol. The van der Waals surface area contributed by atoms with Crippen molar-refractivity contribution in [1.29, 1.82) is 0 Å². The second-order valence-corrected chi connectivity index (χ2v) is 4.55. The molecule has 0 aliphatic rings. The van der Waals surface area contributed by atoms with Crippen LogP contribution >= 0.6 is 0 Å². The zero-order chi connectivity index (χ0) is 12.6. The minimum Gasteiger partial charge on any atom is -0.361 e. The zero-order valence-electron chi connectivity index (χ0n) is 10.1. The van der Waals surface area contributed by atoms with Gasteiger partial charge in [0, 0.05) is 17.1 Å². The number of H-pyrrole nitrogens is 1. The predicted octanol–water partition coefficient (Wildman–Crippen LogP) is 0.930. The van der Waals surface area contributed by atoms with E-state index >= 15 is 0 Å². The smallest absolute Gasteiger partial charge is 0.0822 e. The molecule has 1 unspecified atom stereocenters. The fourth-order valence-electron chi connectivity index (χ4n) is 1.88. The highest BCUT2D eigenvalue weighted by molar-refractivity contribution is 6.44. The number of aromatic amines is 1. The average Bonchev–Trinajstić information content (AvgIpc) is 2.71. The lowest BCUT2D eigenvalue weighted by molar-refractivity contribution is 0.327. The Morgan fingerprint density at radius 3 is 2.53 bits per heavy atom. The first-order valence-electron chi connectivity index (χ1n) is 5.51. The topological polar surface area (TPSA) is 19.0 Å². The first kappa shape index (κ1) is 12.4. The molecule has 2 nitrogen and oxygen atoms in total. The molecule has 2 rings (SSSR count). The standard InChI is InChI=1S/C12H13B3N2/c1-17(2)12(14,15)11(13)9-7-16-10-6-4-3-5-8(9)10/h3-7,11,16H,1-2H3. The summed E-state index contributed by atoms with van der Waals surface area (Å²) < 4.78 is 0. The minimum absolute atomic E-state index is 0.464. The number of rotatable bonds is 3. The van der Waals surface area contributed by atoms with Gasteiger partial charge in [0.2, 0.25) is 0 Å². The van der Waals surface area contributed by atoms with Gasteiger partial charge in [-0.15, -0.1) is 0 Å². The van der Waals surface area contributed by atoms with Gasteiger partial charge in [-0.05, 0) is 31.5 Å². The minimum atomic E-state index is -1.08. The first-order chi connectivity index (χ1) is 7.94. The molecule has 80 valence electrons. The number of hydrogen-bond donors (Lipinski definition) is 1. The van der Waals surface area contributed by atoms with Crippen LogP contribution in [-0.4, -0.2) is 52.9 Å². The van der Waals surface area contributed by atoms with Gasteiger partial charge in [0.05, 0.1) is 23.5 Å². The maximum Gasteiger partial charge on any atom is 0.0822 e. The Morgan fingerprint density at radius 1 is 1.24 bits per heavy atom. The van der Waals surface area contributed by atoms with E-state index in [1.54, 1.807) is 4.90 Å². The van der Waals surface area contributed by atoms with Crippen LogP contribution in [0, 0.1) is 0 Å². The van der Waals surface area contributed by atoms with Gasteiger partial charge in [0.1, 0.15) is 0 Å². The number of fused-ring (bicyclic) bond motifs is 1. The van der Waals surface area contributed by atoms with Crippen LogP contribution in [0.2, 0.25) is 0 Å². The highest BCUT2D eigenvalue weighted by Gasteiger charge is 2.28. The molecule has 1 aromatic carbocycles. The molecule has 6 radical (unpaired) electrons. The van der Waals surface area contributed by atoms with E-state index in [9.17, 15) is 0 Å². The number of nitrogens with zero attached hydrogens (tertiary/aromatic N) is 1. The third-order valence-corrected chi connectivity index (χ3v) is 3.23. The molecule has 0 saturated carbocycles. The predicted molar refractivity (Wildman–Crippen MR) is 74.7 cm³/mol. The molecular formula is C12H13B3N2. The number of nitrogens with one attached hydrogen (secondary N) is 1. The lowest BCUT2D eigenvalue weighted by Crippen LogP contribution is -2.50. The second-order valence-electron chi connectivity index (χ2n) is 4.55. The van der Waals surface area contributed by atoms with Crippen molar-refractivity contribution < 1.29 is 0 Å². The van der Waals surface area contributed by atoms with Crippen molar-refractivity contribution >= 4 is 34.4 Å². The molecule has 1 atom stereocenters. The summed E-state index contributed by atoms with van der Waals surface area (Å²) in [7, 11) is 21.9. The molecule has 1 aromatic heterocycles. The Balaban J connectivity index is 2.47. The molecule has 1 heterocycles. The number of aromatic nitrogens is 1. The van der Waals surface area contributed by atoms with E-state index in [2.05, 4.69) is 4.98 Å². The summed E-state index contributed by atoms with van der Waals surface area (Å²) in [5, 5.41) is -0.0209. The van der Waals surface area contributed by atoms with E-state index in [0.717, 1.165) is 16.5 Å². The van der Waals surface area contributed by atoms with Crippen molar-refractivity contribution in [3.8, 4) is 0 Å². The molecule has 0 saturated heterocycles. The summed E-state index contributed by atoms with van der Waals surface area (Å²) in [4.78, 5) is 4.89. The van der Waals surface area contributed by atoms with Crippen LogP contribution in [-0.2, 0) is 0 Å². The third-order valence-electron chi connectivity index (χ3n) is 3.23. The SMILES string of the molecule is [B]C(c1c[nH]c2ccccc12)C([B])([B])N(C)C. The van der Waals surface area contributed by atoms with Gasteiger partial charge >= 0.3 is 0 Å². The van der Waals surface area contributed by atoms with Crippen LogP contribution in [0.4, 0.5) is 0 Å². The Bertz CT molecular complexity index is 519. The van der Waals surface area contributed by atoms with E-state index in [4.69, 9.17) is 23.5 Å². The number of benzene rings is 1. The van der Waals surface area contributed by atoms with E-state index in [1.165, 1.54) is 0 Å². The zero-order valence-corrected chi connectivity index (χ0v) is 10.1. The summed E-state index contributed by atoms with van der Waals surface area (Å²) in [5.41, 5.74) is 1.96. The average molecular weight is 218 g/mol. The Kier molecular flexibility index (Phi) is 3.13. The number of likely N-dealkylation sites (N-methyl/N-ethyl adjacent to an activating group) is 1. The number of para-hydroxylation sites is 1. The summed E-state index contributed by atoms with van der Waals surface area (Å²) in [6.45, 7) is 0. The van der Waals surface area contributed by atoms with Crippen LogP contribution in [0.25, 0.3) is 10.9 Å². The quantitative estimate of drug-likeness (QED) is 0.758. The highest BCUT2D eigenvalue weighted by atomic mass is 15.1. The molecule has 0 bridgehead atoms. The largest absolute Gasteiger partial charge is 0.361 e. The van der Waals surface area contributed by atoms with Crippen molar-refractivity contribution in [1.82, 2.24) is 9.88 Å². The van der Waals surface area contributed by atoms with Gasteiger partial charge in [0.15, 0.2) is 0 Å². The summed E-state index contributed by atoms with van der Waals surface area (Å²) in [6.07, 6.45) is 1.87. The molecule has 0 fully saturated rings. The first-order valence-corrected chi connectivity index (χ1v) is 5.51. The Labute approximate surface area is 106 Å². The van der Waals surface area contributed by atoms with Crippen molar-refractivity contribution in [2.24, 2.45) is 0 Å². The van der Waals surface area contributed by atoms with Crippen molar-refractivity contribution in [3.63, 3.8) is 0 Å². The molecule has 0 aliphatic carbocycles. The number of hydrogen-bond acceptors (Lipinski definition) is 1. The van der Waals surface area contributed by atoms with Crippen LogP contribution in [0.5, 0.6) is 0 Å². The maximum atomic E-state index is 6.17. The summed E-state index contributed by atoms with van der Waals surface area (Å²) in [6, 6.07) is 7.94. The van der Waals surface area contributed by atoms with Gasteiger partial charge in [-0.25, -0.2) is 0 Å². The summed E-state index contributed by atoms with van der Waals surface area (Å²) in [5.74, 6) is -0.464. The van der Waals surface area contributed by atoms with Crippen molar-refractivity contribution in [3.05, 3.63) is 36.0 Å². The van der Waals surface area contributed by atoms with Gasteiger partial charge in [-0.3, -0.25) is 0 Å². The molecule has 0 amide bonds. The van der Waals surface area contributed by atoms with E-state index in [-0.39, 0.29) is 0 Å². The molecule has 0 spiro atoms. The molecular weight excluding hydrogens is 205 g/mol.